The van der Waals surface area contributed by atoms with E-state index in [9.17, 15) is 14.4 Å². The van der Waals surface area contributed by atoms with E-state index in [4.69, 9.17) is 0 Å². The minimum atomic E-state index is -0.560. The topological polar surface area (TPSA) is 57.7 Å². The molecule has 0 unspecified atom stereocenters. The molecule has 0 atom stereocenters. The van der Waals surface area contributed by atoms with Gasteiger partial charge in [0, 0.05) is 12.6 Å². The van der Waals surface area contributed by atoms with Crippen LogP contribution >= 0.6 is 0 Å². The number of hydrogen-bond donors (Lipinski definition) is 0. The Bertz CT molecular complexity index is 947. The third-order valence-corrected chi connectivity index (χ3v) is 4.70. The molecule has 0 aromatic heterocycles. The van der Waals surface area contributed by atoms with E-state index in [-0.39, 0.29) is 18.2 Å². The molecule has 1 fully saturated rings. The van der Waals surface area contributed by atoms with Crippen molar-refractivity contribution in [2.24, 2.45) is 0 Å². The molecule has 29 heavy (non-hydrogen) atoms. The maximum atomic E-state index is 12.9. The van der Waals surface area contributed by atoms with E-state index < -0.39 is 17.8 Å². The van der Waals surface area contributed by atoms with Gasteiger partial charge in [0.05, 0.1) is 0 Å². The van der Waals surface area contributed by atoms with Gasteiger partial charge < -0.3 is 0 Å². The van der Waals surface area contributed by atoms with Crippen LogP contribution in [0.25, 0.3) is 6.08 Å². The number of amides is 4. The summed E-state index contributed by atoms with van der Waals surface area (Å²) in [5, 5.41) is 0. The van der Waals surface area contributed by atoms with Gasteiger partial charge in [0.2, 0.25) is 0 Å². The fraction of sp³-hybridized carbons (Fsp3) is 0.208. The predicted molar refractivity (Wildman–Crippen MR) is 113 cm³/mol. The molecule has 148 valence electrons. The first-order valence-corrected chi connectivity index (χ1v) is 9.65. The number of nitrogens with zero attached hydrogens (tertiary/aromatic N) is 2. The lowest BCUT2D eigenvalue weighted by molar-refractivity contribution is -0.136. The number of benzene rings is 2. The van der Waals surface area contributed by atoms with Crippen LogP contribution < -0.4 is 0 Å². The van der Waals surface area contributed by atoms with E-state index in [0.717, 1.165) is 20.9 Å². The first-order chi connectivity index (χ1) is 14.0. The predicted octanol–water partition coefficient (Wildman–Crippen LogP) is 4.07. The van der Waals surface area contributed by atoms with Crippen LogP contribution in [0.15, 0.2) is 78.4 Å². The van der Waals surface area contributed by atoms with Crippen LogP contribution in [-0.2, 0) is 16.0 Å². The summed E-state index contributed by atoms with van der Waals surface area (Å²) in [5.41, 5.74) is 1.98. The van der Waals surface area contributed by atoms with Gasteiger partial charge in [0.25, 0.3) is 11.8 Å². The van der Waals surface area contributed by atoms with E-state index in [1.807, 2.05) is 66.7 Å². The Labute approximate surface area is 170 Å². The van der Waals surface area contributed by atoms with Crippen LogP contribution in [0.1, 0.15) is 25.0 Å². The van der Waals surface area contributed by atoms with Gasteiger partial charge in [-0.1, -0.05) is 72.8 Å². The highest BCUT2D eigenvalue weighted by Gasteiger charge is 2.42. The number of barbiturate groups is 1. The number of imide groups is 2. The molecular weight excluding hydrogens is 364 g/mol. The Hall–Kier alpha value is -3.47. The van der Waals surface area contributed by atoms with Crippen LogP contribution in [-0.4, -0.2) is 40.2 Å². The molecule has 3 rings (SSSR count). The summed E-state index contributed by atoms with van der Waals surface area (Å²) in [6.07, 6.45) is 5.52. The first-order valence-electron chi connectivity index (χ1n) is 9.65. The number of hydrogen-bond acceptors (Lipinski definition) is 3. The molecule has 0 saturated carbocycles. The number of carbonyl (C=O) groups excluding carboxylic acids is 3. The third kappa shape index (κ3) is 4.69. The highest BCUT2D eigenvalue weighted by Crippen LogP contribution is 2.21. The number of carbonyl (C=O) groups is 3. The number of rotatable bonds is 6. The van der Waals surface area contributed by atoms with Gasteiger partial charge in [-0.2, -0.15) is 0 Å². The second-order valence-corrected chi connectivity index (χ2v) is 7.09. The Kier molecular flexibility index (Phi) is 6.39. The number of allylic oxidation sites excluding steroid dienone is 2. The lowest BCUT2D eigenvalue weighted by Gasteiger charge is -2.36. The van der Waals surface area contributed by atoms with Crippen molar-refractivity contribution in [1.29, 1.82) is 0 Å². The quantitative estimate of drug-likeness (QED) is 0.554. The average molecular weight is 388 g/mol. The molecule has 0 radical (unpaired) electrons. The molecule has 5 heteroatoms. The minimum absolute atomic E-state index is 0.00135. The molecule has 1 aliphatic rings. The summed E-state index contributed by atoms with van der Waals surface area (Å²) in [6, 6.07) is 18.3. The fourth-order valence-corrected chi connectivity index (χ4v) is 3.17. The minimum Gasteiger partial charge on any atom is -0.268 e. The normalized spacial score (nSPS) is 16.5. The largest absolute Gasteiger partial charge is 0.334 e. The summed E-state index contributed by atoms with van der Waals surface area (Å²) in [6.45, 7) is 3.74. The zero-order valence-corrected chi connectivity index (χ0v) is 16.6. The molecule has 5 nitrogen and oxygen atoms in total. The van der Waals surface area contributed by atoms with Gasteiger partial charge in [0.1, 0.15) is 5.57 Å². The molecule has 1 saturated heterocycles. The summed E-state index contributed by atoms with van der Waals surface area (Å²) in [7, 11) is 0. The van der Waals surface area contributed by atoms with Crippen LogP contribution in [0.4, 0.5) is 4.79 Å². The van der Waals surface area contributed by atoms with E-state index in [2.05, 4.69) is 0 Å². The summed E-state index contributed by atoms with van der Waals surface area (Å²) in [5.74, 6) is -1.10. The van der Waals surface area contributed by atoms with Crippen molar-refractivity contribution < 1.29 is 14.4 Å². The zero-order valence-electron chi connectivity index (χ0n) is 16.6. The van der Waals surface area contributed by atoms with Crippen molar-refractivity contribution >= 4 is 23.9 Å². The first kappa shape index (κ1) is 20.3. The average Bonchev–Trinajstić information content (AvgIpc) is 2.71. The van der Waals surface area contributed by atoms with Crippen LogP contribution in [0.2, 0.25) is 0 Å². The van der Waals surface area contributed by atoms with Crippen molar-refractivity contribution in [1.82, 2.24) is 9.80 Å². The number of urea groups is 1. The fourth-order valence-electron chi connectivity index (χ4n) is 3.17. The van der Waals surface area contributed by atoms with Crippen molar-refractivity contribution in [3.63, 3.8) is 0 Å². The van der Waals surface area contributed by atoms with Gasteiger partial charge in [0.15, 0.2) is 0 Å². The van der Waals surface area contributed by atoms with E-state index in [1.165, 1.54) is 6.08 Å². The standard InChI is InChI=1S/C24H24N2O3/c1-18(2)26-23(28)21(15-9-14-19-10-5-3-6-11-19)22(27)25(24(26)29)17-16-20-12-7-4-8-13-20/h3-15,18H,16-17H2,1-2H3/b14-9-,21-15+. The molecule has 2 aromatic rings. The third-order valence-electron chi connectivity index (χ3n) is 4.70. The second kappa shape index (κ2) is 9.15. The lowest BCUT2D eigenvalue weighted by atomic mass is 10.1. The molecule has 0 spiro atoms. The van der Waals surface area contributed by atoms with E-state index in [1.54, 1.807) is 19.9 Å². The highest BCUT2D eigenvalue weighted by molar-refractivity contribution is 6.29. The van der Waals surface area contributed by atoms with Gasteiger partial charge in [-0.15, -0.1) is 0 Å². The van der Waals surface area contributed by atoms with Crippen LogP contribution in [0.5, 0.6) is 0 Å². The van der Waals surface area contributed by atoms with Gasteiger partial charge in [-0.3, -0.25) is 19.4 Å². The molecule has 0 N–H and O–H groups in total. The van der Waals surface area contributed by atoms with Crippen LogP contribution in [0, 0.1) is 0 Å². The van der Waals surface area contributed by atoms with Gasteiger partial charge >= 0.3 is 6.03 Å². The van der Waals surface area contributed by atoms with E-state index in [0.29, 0.717) is 6.42 Å². The Balaban J connectivity index is 1.85. The Morgan fingerprint density at radius 2 is 1.48 bits per heavy atom. The molecule has 1 heterocycles. The smallest absolute Gasteiger partial charge is 0.268 e. The second-order valence-electron chi connectivity index (χ2n) is 7.09. The maximum Gasteiger partial charge on any atom is 0.334 e. The van der Waals surface area contributed by atoms with Crippen molar-refractivity contribution in [3.05, 3.63) is 89.5 Å². The Morgan fingerprint density at radius 1 is 0.862 bits per heavy atom. The molecule has 0 aliphatic carbocycles. The SMILES string of the molecule is CC(C)N1C(=O)/C(=C/C=C\c2ccccc2)C(=O)N(CCc2ccccc2)C1=O. The highest BCUT2D eigenvalue weighted by atomic mass is 16.2. The monoisotopic (exact) mass is 388 g/mol. The van der Waals surface area contributed by atoms with Crippen LogP contribution in [0.3, 0.4) is 0 Å². The van der Waals surface area contributed by atoms with Crippen molar-refractivity contribution in [3.8, 4) is 0 Å². The maximum absolute atomic E-state index is 12.9. The molecular formula is C24H24N2O3. The molecule has 0 bridgehead atoms. The molecule has 4 amide bonds. The summed E-state index contributed by atoms with van der Waals surface area (Å²) < 4.78 is 0. The Morgan fingerprint density at radius 3 is 2.10 bits per heavy atom. The summed E-state index contributed by atoms with van der Waals surface area (Å²) >= 11 is 0. The summed E-state index contributed by atoms with van der Waals surface area (Å²) in [4.78, 5) is 40.9. The molecule has 2 aromatic carbocycles. The lowest BCUT2D eigenvalue weighted by Crippen LogP contribution is -2.58. The molecule has 1 aliphatic heterocycles. The van der Waals surface area contributed by atoms with Gasteiger partial charge in [-0.25, -0.2) is 4.79 Å². The van der Waals surface area contributed by atoms with Crippen molar-refractivity contribution in [2.75, 3.05) is 6.54 Å². The van der Waals surface area contributed by atoms with Gasteiger partial charge in [-0.05, 0) is 37.5 Å². The van der Waals surface area contributed by atoms with Crippen molar-refractivity contribution in [2.45, 2.75) is 26.3 Å². The van der Waals surface area contributed by atoms with E-state index >= 15 is 0 Å². The zero-order chi connectivity index (χ0) is 20.8.